The maximum absolute atomic E-state index is 2.69. The molecule has 1 saturated carbocycles. The van der Waals surface area contributed by atoms with E-state index in [4.69, 9.17) is 0 Å². The lowest BCUT2D eigenvalue weighted by atomic mass is 9.90. The number of nitrogens with zero attached hydrogens (tertiary/aromatic N) is 2. The summed E-state index contributed by atoms with van der Waals surface area (Å²) >= 11 is 0. The van der Waals surface area contributed by atoms with Crippen molar-refractivity contribution in [2.24, 2.45) is 0 Å². The van der Waals surface area contributed by atoms with Gasteiger partial charge in [-0.1, -0.05) is 6.42 Å². The second-order valence-electron chi connectivity index (χ2n) is 4.41. The monoisotopic (exact) mass is 168 g/mol. The van der Waals surface area contributed by atoms with Gasteiger partial charge < -0.3 is 4.90 Å². The van der Waals surface area contributed by atoms with E-state index in [1.165, 1.54) is 38.9 Å². The van der Waals surface area contributed by atoms with Crippen molar-refractivity contribution in [2.45, 2.75) is 38.3 Å². The second-order valence-corrected chi connectivity index (χ2v) is 4.41. The molecule has 1 unspecified atom stereocenters. The Hall–Kier alpha value is -0.0800. The fourth-order valence-corrected chi connectivity index (χ4v) is 2.16. The second kappa shape index (κ2) is 3.35. The molecule has 0 aromatic carbocycles. The minimum absolute atomic E-state index is 0.763. The van der Waals surface area contributed by atoms with Crippen LogP contribution in [0.15, 0.2) is 0 Å². The average Bonchev–Trinajstić information content (AvgIpc) is 1.93. The van der Waals surface area contributed by atoms with Crippen molar-refractivity contribution in [3.8, 4) is 0 Å². The van der Waals surface area contributed by atoms with E-state index in [-0.39, 0.29) is 0 Å². The molecule has 1 atom stereocenters. The molecule has 70 valence electrons. The molecule has 1 heterocycles. The molecule has 2 heteroatoms. The van der Waals surface area contributed by atoms with E-state index in [1.54, 1.807) is 0 Å². The summed E-state index contributed by atoms with van der Waals surface area (Å²) in [4.78, 5) is 5.16. The van der Waals surface area contributed by atoms with Crippen LogP contribution in [0.5, 0.6) is 0 Å². The Bertz CT molecular complexity index is 154. The highest BCUT2D eigenvalue weighted by atomic mass is 15.3. The van der Waals surface area contributed by atoms with Gasteiger partial charge in [0.15, 0.2) is 0 Å². The van der Waals surface area contributed by atoms with E-state index in [1.807, 2.05) is 0 Å². The first-order chi connectivity index (χ1) is 5.77. The van der Waals surface area contributed by atoms with Crippen molar-refractivity contribution in [2.75, 3.05) is 26.7 Å². The summed E-state index contributed by atoms with van der Waals surface area (Å²) in [5.74, 6) is 0. The molecule has 12 heavy (non-hydrogen) atoms. The van der Waals surface area contributed by atoms with Gasteiger partial charge in [-0.15, -0.1) is 0 Å². The van der Waals surface area contributed by atoms with E-state index in [9.17, 15) is 0 Å². The lowest BCUT2D eigenvalue weighted by molar-refractivity contribution is 0.0423. The van der Waals surface area contributed by atoms with Crippen molar-refractivity contribution < 1.29 is 0 Å². The first-order valence-corrected chi connectivity index (χ1v) is 5.21. The minimum Gasteiger partial charge on any atom is -0.301 e. The van der Waals surface area contributed by atoms with Crippen molar-refractivity contribution in [1.29, 1.82) is 0 Å². The SMILES string of the molecule is CC1CN(C2CCC2)CCN1C. The fourth-order valence-electron chi connectivity index (χ4n) is 2.16. The Morgan fingerprint density at radius 1 is 1.17 bits per heavy atom. The zero-order valence-corrected chi connectivity index (χ0v) is 8.29. The molecule has 2 nitrogen and oxygen atoms in total. The summed E-state index contributed by atoms with van der Waals surface area (Å²) < 4.78 is 0. The van der Waals surface area contributed by atoms with E-state index in [2.05, 4.69) is 23.8 Å². The van der Waals surface area contributed by atoms with Gasteiger partial charge in [-0.05, 0) is 26.8 Å². The van der Waals surface area contributed by atoms with Crippen LogP contribution >= 0.6 is 0 Å². The Morgan fingerprint density at radius 3 is 2.42 bits per heavy atom. The number of hydrogen-bond donors (Lipinski definition) is 0. The topological polar surface area (TPSA) is 6.48 Å². The Kier molecular flexibility index (Phi) is 2.37. The van der Waals surface area contributed by atoms with Gasteiger partial charge >= 0.3 is 0 Å². The standard InChI is InChI=1S/C10H20N2/c1-9-8-12(7-6-11(9)2)10-4-3-5-10/h9-10H,3-8H2,1-2H3. The molecule has 0 aromatic rings. The molecule has 1 aliphatic carbocycles. The molecule has 2 fully saturated rings. The number of likely N-dealkylation sites (N-methyl/N-ethyl adjacent to an activating group) is 1. The molecule has 0 radical (unpaired) electrons. The van der Waals surface area contributed by atoms with Gasteiger partial charge in [0.05, 0.1) is 0 Å². The van der Waals surface area contributed by atoms with Crippen LogP contribution in [0.1, 0.15) is 26.2 Å². The Morgan fingerprint density at radius 2 is 1.92 bits per heavy atom. The summed E-state index contributed by atoms with van der Waals surface area (Å²) in [5, 5.41) is 0. The molecule has 0 aromatic heterocycles. The molecule has 1 saturated heterocycles. The van der Waals surface area contributed by atoms with Crippen LogP contribution in [0.3, 0.4) is 0 Å². The van der Waals surface area contributed by atoms with Crippen LogP contribution in [0.2, 0.25) is 0 Å². The van der Waals surface area contributed by atoms with Gasteiger partial charge in [0.25, 0.3) is 0 Å². The molecule has 2 aliphatic rings. The first-order valence-electron chi connectivity index (χ1n) is 5.21. The molecule has 0 bridgehead atoms. The van der Waals surface area contributed by atoms with E-state index in [0.717, 1.165) is 12.1 Å². The number of piperazine rings is 1. The summed E-state index contributed by atoms with van der Waals surface area (Å²) in [6, 6.07) is 1.71. The zero-order chi connectivity index (χ0) is 8.55. The third-order valence-electron chi connectivity index (χ3n) is 3.58. The fraction of sp³-hybridized carbons (Fsp3) is 1.00. The minimum atomic E-state index is 0.763. The quantitative estimate of drug-likeness (QED) is 0.580. The highest BCUT2D eigenvalue weighted by Crippen LogP contribution is 2.26. The largest absolute Gasteiger partial charge is 0.301 e. The van der Waals surface area contributed by atoms with Crippen LogP contribution in [0.25, 0.3) is 0 Å². The van der Waals surface area contributed by atoms with Crippen molar-refractivity contribution in [1.82, 2.24) is 9.80 Å². The number of rotatable bonds is 1. The molecule has 0 N–H and O–H groups in total. The highest BCUT2D eigenvalue weighted by molar-refractivity contribution is 4.86. The summed E-state index contributed by atoms with van der Waals surface area (Å²) in [6.07, 6.45) is 4.37. The predicted octanol–water partition coefficient (Wildman–Crippen LogP) is 1.17. The predicted molar refractivity (Wildman–Crippen MR) is 51.3 cm³/mol. The number of hydrogen-bond acceptors (Lipinski definition) is 2. The third kappa shape index (κ3) is 1.50. The van der Waals surface area contributed by atoms with Crippen molar-refractivity contribution in [3.63, 3.8) is 0 Å². The molecule has 0 amide bonds. The summed E-state index contributed by atoms with van der Waals surface area (Å²) in [7, 11) is 2.24. The maximum Gasteiger partial charge on any atom is 0.0192 e. The van der Waals surface area contributed by atoms with E-state index >= 15 is 0 Å². The van der Waals surface area contributed by atoms with Gasteiger partial charge in [0.2, 0.25) is 0 Å². The van der Waals surface area contributed by atoms with Gasteiger partial charge in [-0.2, -0.15) is 0 Å². The molecule has 2 rings (SSSR count). The van der Waals surface area contributed by atoms with Gasteiger partial charge in [-0.25, -0.2) is 0 Å². The maximum atomic E-state index is 2.69. The van der Waals surface area contributed by atoms with E-state index < -0.39 is 0 Å². The first kappa shape index (κ1) is 8.52. The van der Waals surface area contributed by atoms with Crippen LogP contribution in [-0.2, 0) is 0 Å². The Balaban J connectivity index is 1.84. The smallest absolute Gasteiger partial charge is 0.0192 e. The van der Waals surface area contributed by atoms with Crippen molar-refractivity contribution >= 4 is 0 Å². The van der Waals surface area contributed by atoms with Gasteiger partial charge in [0.1, 0.15) is 0 Å². The molecule has 0 spiro atoms. The van der Waals surface area contributed by atoms with Crippen LogP contribution < -0.4 is 0 Å². The van der Waals surface area contributed by atoms with Crippen LogP contribution in [0.4, 0.5) is 0 Å². The van der Waals surface area contributed by atoms with E-state index in [0.29, 0.717) is 0 Å². The van der Waals surface area contributed by atoms with Gasteiger partial charge in [-0.3, -0.25) is 4.90 Å². The molecular formula is C10H20N2. The van der Waals surface area contributed by atoms with Crippen molar-refractivity contribution in [3.05, 3.63) is 0 Å². The van der Waals surface area contributed by atoms with Crippen LogP contribution in [-0.4, -0.2) is 48.6 Å². The average molecular weight is 168 g/mol. The Labute approximate surface area is 75.5 Å². The highest BCUT2D eigenvalue weighted by Gasteiger charge is 2.29. The lowest BCUT2D eigenvalue weighted by Gasteiger charge is -2.45. The normalized spacial score (nSPS) is 35.0. The lowest BCUT2D eigenvalue weighted by Crippen LogP contribution is -2.54. The zero-order valence-electron chi connectivity index (χ0n) is 8.29. The molecular weight excluding hydrogens is 148 g/mol. The van der Waals surface area contributed by atoms with Crippen LogP contribution in [0, 0.1) is 0 Å². The van der Waals surface area contributed by atoms with Gasteiger partial charge in [0, 0.05) is 31.7 Å². The molecule has 1 aliphatic heterocycles. The summed E-state index contributed by atoms with van der Waals surface area (Å²) in [6.45, 7) is 6.19. The summed E-state index contributed by atoms with van der Waals surface area (Å²) in [5.41, 5.74) is 0. The third-order valence-corrected chi connectivity index (χ3v) is 3.58.